The molecule has 0 radical (unpaired) electrons. The van der Waals surface area contributed by atoms with Crippen LogP contribution in [0.2, 0.25) is 0 Å². The second-order valence-corrected chi connectivity index (χ2v) is 8.81. The van der Waals surface area contributed by atoms with E-state index in [1.807, 2.05) is 0 Å². The number of hydrogen-bond acceptors (Lipinski definition) is 7. The molecule has 0 saturated carbocycles. The lowest BCUT2D eigenvalue weighted by molar-refractivity contribution is -0.384. The topological polar surface area (TPSA) is 118 Å². The molecular formula is C15H16IN6O4P. The van der Waals surface area contributed by atoms with Crippen molar-refractivity contribution in [2.75, 3.05) is 0 Å². The molecule has 0 aromatic carbocycles. The zero-order valence-corrected chi connectivity index (χ0v) is 17.9. The standard InChI is InChI=1S/C15H16IN6O4P/c1-15(2,3)14(23)26-8-20-11-4-10(17-5-9(11)6-18-20)13-12(22(24)25)7-21(19-13)27-16/h4-7,27H,8H2,1-3H3. The van der Waals surface area contributed by atoms with E-state index in [0.717, 1.165) is 5.39 Å². The highest BCUT2D eigenvalue weighted by Crippen LogP contribution is 2.33. The Morgan fingerprint density at radius 3 is 2.78 bits per heavy atom. The third kappa shape index (κ3) is 4.08. The molecule has 0 N–H and O–H groups in total. The highest BCUT2D eigenvalue weighted by atomic mass is 127. The van der Waals surface area contributed by atoms with E-state index in [1.165, 1.54) is 15.3 Å². The van der Waals surface area contributed by atoms with E-state index in [9.17, 15) is 14.9 Å². The van der Waals surface area contributed by atoms with Crippen LogP contribution in [-0.2, 0) is 16.3 Å². The predicted octanol–water partition coefficient (Wildman–Crippen LogP) is 3.54. The summed E-state index contributed by atoms with van der Waals surface area (Å²) in [6, 6.07) is 1.66. The van der Waals surface area contributed by atoms with Gasteiger partial charge in [-0.15, -0.1) is 0 Å². The van der Waals surface area contributed by atoms with Crippen LogP contribution < -0.4 is 0 Å². The van der Waals surface area contributed by atoms with Crippen molar-refractivity contribution in [1.82, 2.24) is 24.3 Å². The Morgan fingerprint density at radius 1 is 1.41 bits per heavy atom. The van der Waals surface area contributed by atoms with Gasteiger partial charge in [-0.3, -0.25) is 19.9 Å². The fraction of sp³-hybridized carbons (Fsp3) is 0.333. The Hall–Kier alpha value is -2.14. The first-order valence-electron chi connectivity index (χ1n) is 7.80. The maximum Gasteiger partial charge on any atom is 0.316 e. The molecule has 0 aliphatic heterocycles. The lowest BCUT2D eigenvalue weighted by Gasteiger charge is -2.16. The molecule has 27 heavy (non-hydrogen) atoms. The average Bonchev–Trinajstić information content (AvgIpc) is 3.22. The van der Waals surface area contributed by atoms with Gasteiger partial charge in [-0.1, -0.05) is 0 Å². The van der Waals surface area contributed by atoms with Crippen molar-refractivity contribution in [1.29, 1.82) is 0 Å². The van der Waals surface area contributed by atoms with Crippen LogP contribution in [0.15, 0.2) is 24.7 Å². The summed E-state index contributed by atoms with van der Waals surface area (Å²) in [6.07, 6.45) is 4.77. The van der Waals surface area contributed by atoms with Crippen molar-refractivity contribution >= 4 is 51.0 Å². The van der Waals surface area contributed by atoms with E-state index in [2.05, 4.69) is 37.2 Å². The number of halogens is 1. The number of ether oxygens (including phenoxy) is 1. The van der Waals surface area contributed by atoms with E-state index >= 15 is 0 Å². The second kappa shape index (κ2) is 7.47. The molecule has 0 spiro atoms. The largest absolute Gasteiger partial charge is 0.442 e. The van der Waals surface area contributed by atoms with Crippen molar-refractivity contribution in [2.24, 2.45) is 5.41 Å². The first-order chi connectivity index (χ1) is 12.7. The van der Waals surface area contributed by atoms with Crippen LogP contribution in [-0.4, -0.2) is 35.2 Å². The van der Waals surface area contributed by atoms with Gasteiger partial charge in [-0.05, 0) is 48.9 Å². The quantitative estimate of drug-likeness (QED) is 0.172. The minimum Gasteiger partial charge on any atom is -0.442 e. The Bertz CT molecular complexity index is 1030. The van der Waals surface area contributed by atoms with Gasteiger partial charge in [0, 0.05) is 11.6 Å². The molecule has 3 aromatic heterocycles. The van der Waals surface area contributed by atoms with Crippen LogP contribution in [0.3, 0.4) is 0 Å². The zero-order valence-electron chi connectivity index (χ0n) is 14.7. The van der Waals surface area contributed by atoms with Gasteiger partial charge in [0.1, 0.15) is 6.20 Å². The molecule has 0 amide bonds. The van der Waals surface area contributed by atoms with Crippen molar-refractivity contribution < 1.29 is 14.5 Å². The van der Waals surface area contributed by atoms with E-state index < -0.39 is 10.3 Å². The summed E-state index contributed by atoms with van der Waals surface area (Å²) < 4.78 is 8.31. The number of fused-ring (bicyclic) bond motifs is 1. The second-order valence-electron chi connectivity index (χ2n) is 6.73. The molecular weight excluding hydrogens is 486 g/mol. The van der Waals surface area contributed by atoms with Gasteiger partial charge in [0.05, 0.1) is 34.1 Å². The summed E-state index contributed by atoms with van der Waals surface area (Å²) in [7, 11) is 0. The van der Waals surface area contributed by atoms with E-state index in [1.54, 1.807) is 39.2 Å². The van der Waals surface area contributed by atoms with Gasteiger partial charge >= 0.3 is 11.7 Å². The third-order valence-electron chi connectivity index (χ3n) is 3.68. The fourth-order valence-electron chi connectivity index (χ4n) is 2.27. The molecule has 0 bridgehead atoms. The van der Waals surface area contributed by atoms with Gasteiger partial charge in [-0.25, -0.2) is 9.13 Å². The fourth-order valence-corrected chi connectivity index (χ4v) is 3.32. The number of hydrogen-bond donors (Lipinski definition) is 0. The molecule has 142 valence electrons. The van der Waals surface area contributed by atoms with E-state index in [4.69, 9.17) is 4.74 Å². The number of nitrogens with zero attached hydrogens (tertiary/aromatic N) is 6. The number of aromatic nitrogens is 5. The number of nitro groups is 1. The van der Waals surface area contributed by atoms with Crippen molar-refractivity contribution in [3.8, 4) is 11.4 Å². The Labute approximate surface area is 168 Å². The summed E-state index contributed by atoms with van der Waals surface area (Å²) >= 11 is 2.09. The first-order valence-corrected chi connectivity index (χ1v) is 11.9. The maximum absolute atomic E-state index is 12.0. The summed E-state index contributed by atoms with van der Waals surface area (Å²) in [5, 5.41) is 20.5. The molecule has 1 atom stereocenters. The zero-order chi connectivity index (χ0) is 19.8. The van der Waals surface area contributed by atoms with E-state index in [-0.39, 0.29) is 30.5 Å². The number of pyridine rings is 1. The Balaban J connectivity index is 1.97. The molecule has 1 unspecified atom stereocenters. The molecule has 0 saturated heterocycles. The van der Waals surface area contributed by atoms with Gasteiger partial charge in [0.2, 0.25) is 0 Å². The highest BCUT2D eigenvalue weighted by Gasteiger charge is 2.24. The van der Waals surface area contributed by atoms with E-state index in [0.29, 0.717) is 11.2 Å². The molecule has 3 rings (SSSR count). The number of carbonyl (C=O) groups excluding carboxylic acids is 1. The van der Waals surface area contributed by atoms with Gasteiger partial charge in [-0.2, -0.15) is 10.2 Å². The number of carbonyl (C=O) groups is 1. The van der Waals surface area contributed by atoms with Crippen LogP contribution in [0.5, 0.6) is 0 Å². The first kappa shape index (κ1) is 19.6. The van der Waals surface area contributed by atoms with Crippen LogP contribution >= 0.6 is 28.4 Å². The lowest BCUT2D eigenvalue weighted by Crippen LogP contribution is -2.24. The monoisotopic (exact) mass is 502 g/mol. The maximum atomic E-state index is 12.0. The minimum absolute atomic E-state index is 0.0608. The smallest absolute Gasteiger partial charge is 0.316 e. The van der Waals surface area contributed by atoms with Crippen molar-refractivity contribution in [3.05, 3.63) is 34.8 Å². The molecule has 0 aliphatic rings. The molecule has 0 aliphatic carbocycles. The highest BCUT2D eigenvalue weighted by molar-refractivity contribution is 14.2. The molecule has 3 aromatic rings. The van der Waals surface area contributed by atoms with Crippen LogP contribution in [0.25, 0.3) is 22.3 Å². The summed E-state index contributed by atoms with van der Waals surface area (Å²) in [5.41, 5.74) is 0.444. The molecule has 3 heterocycles. The van der Waals surface area contributed by atoms with Gasteiger partial charge < -0.3 is 4.74 Å². The lowest BCUT2D eigenvalue weighted by atomic mass is 9.98. The summed E-state index contributed by atoms with van der Waals surface area (Å²) in [5.74, 6) is -0.349. The average molecular weight is 502 g/mol. The summed E-state index contributed by atoms with van der Waals surface area (Å²) in [6.45, 7) is 5.24. The van der Waals surface area contributed by atoms with Crippen LogP contribution in [0.4, 0.5) is 5.69 Å². The Morgan fingerprint density at radius 2 is 2.15 bits per heavy atom. The normalized spacial score (nSPS) is 12.1. The van der Waals surface area contributed by atoms with Gasteiger partial charge in [0.25, 0.3) is 0 Å². The molecule has 0 fully saturated rings. The number of rotatable bonds is 5. The summed E-state index contributed by atoms with van der Waals surface area (Å²) in [4.78, 5) is 27.1. The minimum atomic E-state index is -0.622. The Kier molecular flexibility index (Phi) is 5.43. The van der Waals surface area contributed by atoms with Gasteiger partial charge in [0.15, 0.2) is 12.4 Å². The van der Waals surface area contributed by atoms with Crippen LogP contribution in [0, 0.1) is 15.5 Å². The molecule has 10 nitrogen and oxygen atoms in total. The molecule has 12 heteroatoms. The van der Waals surface area contributed by atoms with Crippen LogP contribution in [0.1, 0.15) is 20.8 Å². The number of esters is 1. The predicted molar refractivity (Wildman–Crippen MR) is 109 cm³/mol. The SMILES string of the molecule is CC(C)(C)C(=O)OCn1ncc2cnc(-c3nn(PI)cc3[N+](=O)[O-])cc21. The third-order valence-corrected chi connectivity index (χ3v) is 5.56. The van der Waals surface area contributed by atoms with Crippen molar-refractivity contribution in [3.63, 3.8) is 0 Å². The van der Waals surface area contributed by atoms with Crippen molar-refractivity contribution in [2.45, 2.75) is 27.5 Å².